The van der Waals surface area contributed by atoms with Crippen molar-refractivity contribution in [2.24, 2.45) is 0 Å². The van der Waals surface area contributed by atoms with Crippen molar-refractivity contribution in [3.8, 4) is 5.75 Å². The largest absolute Gasteiger partial charge is 0.497 e. The Balaban J connectivity index is 1.80. The zero-order valence-corrected chi connectivity index (χ0v) is 15.8. The molecule has 29 heavy (non-hydrogen) atoms. The Labute approximate surface area is 166 Å². The molecule has 0 spiro atoms. The van der Waals surface area contributed by atoms with E-state index in [0.29, 0.717) is 11.3 Å². The van der Waals surface area contributed by atoms with Crippen LogP contribution in [0.4, 0.5) is 0 Å². The first-order valence-corrected chi connectivity index (χ1v) is 8.93. The minimum absolute atomic E-state index is 0.617. The molecule has 156 valence electrons. The summed E-state index contributed by atoms with van der Waals surface area (Å²) in [5.41, 5.74) is 0.617. The second-order valence-electron chi connectivity index (χ2n) is 6.86. The number of carboxylic acid groups (broad SMARTS) is 1. The number of hydrogen-bond acceptors (Lipinski definition) is 8. The molecule has 0 radical (unpaired) electrons. The summed E-state index contributed by atoms with van der Waals surface area (Å²) in [7, 11) is 1.57. The van der Waals surface area contributed by atoms with E-state index in [1.165, 1.54) is 0 Å². The molecule has 2 aromatic carbocycles. The van der Waals surface area contributed by atoms with E-state index in [0.717, 1.165) is 10.8 Å². The van der Waals surface area contributed by atoms with Gasteiger partial charge < -0.3 is 34.6 Å². The molecule has 1 aliphatic rings. The molecule has 3 rings (SSSR count). The van der Waals surface area contributed by atoms with Gasteiger partial charge in [0.2, 0.25) is 0 Å². The summed E-state index contributed by atoms with van der Waals surface area (Å²) in [6.07, 6.45) is -9.03. The Bertz CT molecular complexity index is 912. The lowest BCUT2D eigenvalue weighted by Gasteiger charge is -2.38. The van der Waals surface area contributed by atoms with Crippen LogP contribution in [0.3, 0.4) is 0 Å². The topological polar surface area (TPSA) is 143 Å². The third-order valence-corrected chi connectivity index (χ3v) is 4.98. The van der Waals surface area contributed by atoms with Gasteiger partial charge in [-0.05, 0) is 35.4 Å². The summed E-state index contributed by atoms with van der Waals surface area (Å²) in [4.78, 5) is 24.0. The Morgan fingerprint density at radius 3 is 2.34 bits per heavy atom. The van der Waals surface area contributed by atoms with E-state index in [9.17, 15) is 30.0 Å². The molecule has 0 amide bonds. The zero-order chi connectivity index (χ0) is 21.3. The number of aliphatic hydroxyl groups excluding tert-OH is 3. The van der Waals surface area contributed by atoms with Crippen LogP contribution < -0.4 is 4.74 Å². The van der Waals surface area contributed by atoms with E-state index in [1.807, 2.05) is 18.2 Å². The van der Waals surface area contributed by atoms with Crippen molar-refractivity contribution in [2.75, 3.05) is 7.11 Å². The van der Waals surface area contributed by atoms with Crippen LogP contribution in [0.5, 0.6) is 5.75 Å². The van der Waals surface area contributed by atoms with Gasteiger partial charge in [-0.2, -0.15) is 0 Å². The molecule has 1 heterocycles. The molecule has 0 aliphatic carbocycles. The molecule has 1 saturated heterocycles. The van der Waals surface area contributed by atoms with Crippen molar-refractivity contribution in [3.05, 3.63) is 42.0 Å². The van der Waals surface area contributed by atoms with Gasteiger partial charge in [-0.25, -0.2) is 4.79 Å². The molecule has 9 nitrogen and oxygen atoms in total. The molecular weight excluding hydrogens is 384 g/mol. The van der Waals surface area contributed by atoms with Crippen molar-refractivity contribution in [2.45, 2.75) is 43.5 Å². The van der Waals surface area contributed by atoms with E-state index < -0.39 is 48.6 Å². The fraction of sp³-hybridized carbons (Fsp3) is 0.400. The number of benzene rings is 2. The summed E-state index contributed by atoms with van der Waals surface area (Å²) in [6.45, 7) is 1.57. The molecule has 0 aromatic heterocycles. The Morgan fingerprint density at radius 1 is 1.03 bits per heavy atom. The van der Waals surface area contributed by atoms with Gasteiger partial charge in [0.25, 0.3) is 0 Å². The number of ether oxygens (including phenoxy) is 3. The standard InChI is InChI=1S/C20H22O9/c1-9(10-3-4-12-8-13(27-2)6-5-11(12)7-10)19(25)28-16-14(21)15(22)20(26)29-17(16)18(23)24/h3-9,14-17,20-22,26H,1-2H3,(H,23,24)/t9-,14+,15+,16-,17-,20?/m0/s1. The van der Waals surface area contributed by atoms with Gasteiger partial charge in [0.05, 0.1) is 13.0 Å². The number of esters is 1. The maximum atomic E-state index is 12.6. The molecule has 0 saturated carbocycles. The highest BCUT2D eigenvalue weighted by atomic mass is 16.7. The summed E-state index contributed by atoms with van der Waals surface area (Å²) in [5.74, 6) is -2.43. The number of aliphatic hydroxyl groups is 3. The lowest BCUT2D eigenvalue weighted by molar-refractivity contribution is -0.283. The van der Waals surface area contributed by atoms with Gasteiger partial charge in [0.15, 0.2) is 18.5 Å². The van der Waals surface area contributed by atoms with Crippen LogP contribution in [0.1, 0.15) is 18.4 Å². The summed E-state index contributed by atoms with van der Waals surface area (Å²) in [5, 5.41) is 40.3. The van der Waals surface area contributed by atoms with E-state index in [1.54, 1.807) is 32.2 Å². The van der Waals surface area contributed by atoms with Gasteiger partial charge in [-0.15, -0.1) is 0 Å². The van der Waals surface area contributed by atoms with E-state index in [2.05, 4.69) is 0 Å². The van der Waals surface area contributed by atoms with Crippen LogP contribution in [-0.2, 0) is 19.1 Å². The number of rotatable bonds is 5. The lowest BCUT2D eigenvalue weighted by atomic mass is 9.96. The summed E-state index contributed by atoms with van der Waals surface area (Å²) in [6, 6.07) is 10.8. The number of carbonyl (C=O) groups excluding carboxylic acids is 1. The first-order chi connectivity index (χ1) is 13.7. The monoisotopic (exact) mass is 406 g/mol. The molecule has 1 fully saturated rings. The third-order valence-electron chi connectivity index (χ3n) is 4.98. The Morgan fingerprint density at radius 2 is 1.69 bits per heavy atom. The van der Waals surface area contributed by atoms with E-state index >= 15 is 0 Å². The molecule has 2 aromatic rings. The van der Waals surface area contributed by atoms with Crippen LogP contribution in [-0.4, -0.2) is 70.2 Å². The van der Waals surface area contributed by atoms with Crippen molar-refractivity contribution in [1.29, 1.82) is 0 Å². The number of carbonyl (C=O) groups is 2. The van der Waals surface area contributed by atoms with Gasteiger partial charge in [-0.3, -0.25) is 4.79 Å². The normalized spacial score (nSPS) is 28.0. The Kier molecular flexibility index (Phi) is 6.04. The average Bonchev–Trinajstić information content (AvgIpc) is 2.72. The summed E-state index contributed by atoms with van der Waals surface area (Å²) < 4.78 is 15.1. The number of fused-ring (bicyclic) bond motifs is 1. The molecule has 4 N–H and O–H groups in total. The molecular formula is C20H22O9. The van der Waals surface area contributed by atoms with Gasteiger partial charge in [-0.1, -0.05) is 24.3 Å². The highest BCUT2D eigenvalue weighted by Crippen LogP contribution is 2.28. The van der Waals surface area contributed by atoms with Crippen molar-refractivity contribution < 1.29 is 44.2 Å². The SMILES string of the molecule is COc1ccc2cc([C@H](C)C(=O)O[C@H]3[C@H](O)[C@@H](O)C(O)O[C@@H]3C(=O)O)ccc2c1. The predicted molar refractivity (Wildman–Crippen MR) is 99.3 cm³/mol. The van der Waals surface area contributed by atoms with Crippen molar-refractivity contribution in [3.63, 3.8) is 0 Å². The third kappa shape index (κ3) is 4.18. The second kappa shape index (κ2) is 8.34. The van der Waals surface area contributed by atoms with Crippen LogP contribution in [0.2, 0.25) is 0 Å². The minimum atomic E-state index is -1.91. The molecule has 1 aliphatic heterocycles. The van der Waals surface area contributed by atoms with E-state index in [-0.39, 0.29) is 0 Å². The molecule has 9 heteroatoms. The number of hydrogen-bond donors (Lipinski definition) is 4. The number of carboxylic acids is 1. The number of aliphatic carboxylic acids is 1. The maximum absolute atomic E-state index is 12.6. The van der Waals surface area contributed by atoms with E-state index in [4.69, 9.17) is 14.2 Å². The zero-order valence-electron chi connectivity index (χ0n) is 15.8. The first-order valence-electron chi connectivity index (χ1n) is 8.93. The van der Waals surface area contributed by atoms with Crippen molar-refractivity contribution >= 4 is 22.7 Å². The van der Waals surface area contributed by atoms with Crippen LogP contribution in [0, 0.1) is 0 Å². The number of methoxy groups -OCH3 is 1. The fourth-order valence-electron chi connectivity index (χ4n) is 3.19. The maximum Gasteiger partial charge on any atom is 0.336 e. The predicted octanol–water partition coefficient (Wildman–Crippen LogP) is 0.387. The highest BCUT2D eigenvalue weighted by Gasteiger charge is 2.49. The smallest absolute Gasteiger partial charge is 0.336 e. The second-order valence-corrected chi connectivity index (χ2v) is 6.86. The van der Waals surface area contributed by atoms with Gasteiger partial charge in [0.1, 0.15) is 18.0 Å². The van der Waals surface area contributed by atoms with Gasteiger partial charge in [0, 0.05) is 0 Å². The molecule has 0 bridgehead atoms. The van der Waals surface area contributed by atoms with Gasteiger partial charge >= 0.3 is 11.9 Å². The minimum Gasteiger partial charge on any atom is -0.497 e. The summed E-state index contributed by atoms with van der Waals surface area (Å²) >= 11 is 0. The first kappa shape index (κ1) is 21.0. The Hall–Kier alpha value is -2.72. The molecule has 1 unspecified atom stereocenters. The average molecular weight is 406 g/mol. The lowest BCUT2D eigenvalue weighted by Crippen LogP contribution is -2.61. The highest BCUT2D eigenvalue weighted by molar-refractivity contribution is 5.87. The fourth-order valence-corrected chi connectivity index (χ4v) is 3.19. The van der Waals surface area contributed by atoms with Crippen LogP contribution in [0.25, 0.3) is 10.8 Å². The van der Waals surface area contributed by atoms with Crippen molar-refractivity contribution in [1.82, 2.24) is 0 Å². The molecule has 6 atom stereocenters. The quantitative estimate of drug-likeness (QED) is 0.518. The van der Waals surface area contributed by atoms with Crippen LogP contribution in [0.15, 0.2) is 36.4 Å². The van der Waals surface area contributed by atoms with Crippen LogP contribution >= 0.6 is 0 Å².